The zero-order valence-electron chi connectivity index (χ0n) is 11.3. The summed E-state index contributed by atoms with van der Waals surface area (Å²) in [6.45, 7) is 1.85. The van der Waals surface area contributed by atoms with Crippen LogP contribution < -0.4 is 4.74 Å². The summed E-state index contributed by atoms with van der Waals surface area (Å²) in [6, 6.07) is 9.57. The van der Waals surface area contributed by atoms with E-state index in [9.17, 15) is 13.2 Å². The molecule has 4 nitrogen and oxygen atoms in total. The predicted molar refractivity (Wildman–Crippen MR) is 76.6 cm³/mol. The molecular formula is C14H10F3N3OS. The van der Waals surface area contributed by atoms with Gasteiger partial charge in [-0.15, -0.1) is 24.5 Å². The molecule has 0 aliphatic carbocycles. The van der Waals surface area contributed by atoms with Crippen molar-refractivity contribution < 1.29 is 17.9 Å². The number of hydrogen-bond donors (Lipinski definition) is 1. The number of nitrogens with zero attached hydrogens (tertiary/aromatic N) is 2. The molecule has 0 saturated heterocycles. The molecule has 2 aromatic heterocycles. The maximum Gasteiger partial charge on any atom is 0.573 e. The number of aromatic amines is 1. The maximum absolute atomic E-state index is 12.1. The molecule has 0 aliphatic rings. The molecule has 0 atom stereocenters. The number of aryl methyl sites for hydroxylation is 1. The Labute approximate surface area is 127 Å². The van der Waals surface area contributed by atoms with Crippen LogP contribution in [0.25, 0.3) is 21.0 Å². The van der Waals surface area contributed by atoms with Gasteiger partial charge in [-0.3, -0.25) is 0 Å². The van der Waals surface area contributed by atoms with E-state index in [1.165, 1.54) is 23.5 Å². The fourth-order valence-electron chi connectivity index (χ4n) is 1.96. The largest absolute Gasteiger partial charge is 0.573 e. The van der Waals surface area contributed by atoms with Crippen LogP contribution in [0, 0.1) is 6.92 Å². The number of nitrogens with one attached hydrogen (secondary N) is 1. The number of hydrogen-bond acceptors (Lipinski definition) is 4. The smallest absolute Gasteiger partial charge is 0.406 e. The Kier molecular flexibility index (Phi) is 3.61. The highest BCUT2D eigenvalue weighted by atomic mass is 32.1. The van der Waals surface area contributed by atoms with Gasteiger partial charge in [-0.2, -0.15) is 15.4 Å². The van der Waals surface area contributed by atoms with E-state index in [0.29, 0.717) is 0 Å². The summed E-state index contributed by atoms with van der Waals surface area (Å²) in [5, 5.41) is 10.6. The SMILES string of the molecule is Cc1n[nH]nc1-c1ccc(-c2ccc(OC(F)(F)F)cc2)s1. The lowest BCUT2D eigenvalue weighted by molar-refractivity contribution is -0.274. The molecule has 0 amide bonds. The second-order valence-corrected chi connectivity index (χ2v) is 5.58. The summed E-state index contributed by atoms with van der Waals surface area (Å²) in [5.74, 6) is -0.236. The van der Waals surface area contributed by atoms with Crippen LogP contribution in [0.3, 0.4) is 0 Å². The number of halogens is 3. The van der Waals surface area contributed by atoms with Gasteiger partial charge in [0.1, 0.15) is 11.4 Å². The zero-order chi connectivity index (χ0) is 15.7. The van der Waals surface area contributed by atoms with Gasteiger partial charge in [0, 0.05) is 4.88 Å². The molecule has 3 aromatic rings. The first-order valence-corrected chi connectivity index (χ1v) is 7.08. The summed E-state index contributed by atoms with van der Waals surface area (Å²) in [4.78, 5) is 1.87. The third kappa shape index (κ3) is 3.11. The minimum Gasteiger partial charge on any atom is -0.406 e. The Hall–Kier alpha value is -2.35. The molecule has 114 valence electrons. The first-order valence-electron chi connectivity index (χ1n) is 6.26. The quantitative estimate of drug-likeness (QED) is 0.776. The van der Waals surface area contributed by atoms with Crippen molar-refractivity contribution in [1.29, 1.82) is 0 Å². The van der Waals surface area contributed by atoms with Crippen LogP contribution in [0.5, 0.6) is 5.75 Å². The number of thiophene rings is 1. The van der Waals surface area contributed by atoms with E-state index < -0.39 is 6.36 Å². The van der Waals surface area contributed by atoms with Crippen molar-refractivity contribution in [3.63, 3.8) is 0 Å². The minimum atomic E-state index is -4.68. The van der Waals surface area contributed by atoms with Crippen molar-refractivity contribution in [2.45, 2.75) is 13.3 Å². The van der Waals surface area contributed by atoms with Gasteiger partial charge in [-0.1, -0.05) is 0 Å². The van der Waals surface area contributed by atoms with E-state index in [-0.39, 0.29) is 5.75 Å². The molecule has 0 aliphatic heterocycles. The predicted octanol–water partition coefficient (Wildman–Crippen LogP) is 4.41. The minimum absolute atomic E-state index is 0.236. The molecule has 0 saturated carbocycles. The second-order valence-electron chi connectivity index (χ2n) is 4.49. The first-order chi connectivity index (χ1) is 10.4. The van der Waals surface area contributed by atoms with Crippen molar-refractivity contribution in [1.82, 2.24) is 15.4 Å². The van der Waals surface area contributed by atoms with Crippen LogP contribution in [0.15, 0.2) is 36.4 Å². The normalized spacial score (nSPS) is 11.6. The highest BCUT2D eigenvalue weighted by Crippen LogP contribution is 2.35. The van der Waals surface area contributed by atoms with Gasteiger partial charge in [0.15, 0.2) is 0 Å². The maximum atomic E-state index is 12.1. The van der Waals surface area contributed by atoms with Crippen LogP contribution in [0.2, 0.25) is 0 Å². The molecular weight excluding hydrogens is 315 g/mol. The molecule has 1 aromatic carbocycles. The molecule has 2 heterocycles. The number of alkyl halides is 3. The van der Waals surface area contributed by atoms with Gasteiger partial charge in [0.2, 0.25) is 0 Å². The lowest BCUT2D eigenvalue weighted by atomic mass is 10.2. The summed E-state index contributed by atoms with van der Waals surface area (Å²) < 4.78 is 40.2. The molecule has 3 rings (SSSR count). The van der Waals surface area contributed by atoms with Gasteiger partial charge in [0.25, 0.3) is 0 Å². The summed E-state index contributed by atoms with van der Waals surface area (Å²) in [6.07, 6.45) is -4.68. The van der Waals surface area contributed by atoms with E-state index in [1.807, 2.05) is 19.1 Å². The van der Waals surface area contributed by atoms with Crippen LogP contribution in [-0.2, 0) is 0 Å². The lowest BCUT2D eigenvalue weighted by Crippen LogP contribution is -2.16. The molecule has 22 heavy (non-hydrogen) atoms. The van der Waals surface area contributed by atoms with E-state index in [0.717, 1.165) is 26.7 Å². The Bertz CT molecular complexity index is 777. The lowest BCUT2D eigenvalue weighted by Gasteiger charge is -2.08. The van der Waals surface area contributed by atoms with Crippen molar-refractivity contribution in [2.75, 3.05) is 0 Å². The van der Waals surface area contributed by atoms with E-state index in [1.54, 1.807) is 12.1 Å². The van der Waals surface area contributed by atoms with Gasteiger partial charge in [-0.05, 0) is 48.9 Å². The Balaban J connectivity index is 1.83. The van der Waals surface area contributed by atoms with Gasteiger partial charge in [-0.25, -0.2) is 0 Å². The molecule has 1 N–H and O–H groups in total. The van der Waals surface area contributed by atoms with Gasteiger partial charge >= 0.3 is 6.36 Å². The molecule has 0 unspecified atom stereocenters. The Morgan fingerprint density at radius 3 is 2.27 bits per heavy atom. The molecule has 0 bridgehead atoms. The zero-order valence-corrected chi connectivity index (χ0v) is 12.1. The summed E-state index contributed by atoms with van der Waals surface area (Å²) in [7, 11) is 0. The summed E-state index contributed by atoms with van der Waals surface area (Å²) >= 11 is 1.49. The van der Waals surface area contributed by atoms with Crippen LogP contribution in [0.1, 0.15) is 5.69 Å². The topological polar surface area (TPSA) is 50.8 Å². The van der Waals surface area contributed by atoms with Gasteiger partial charge in [0.05, 0.1) is 10.6 Å². The van der Waals surface area contributed by atoms with Crippen molar-refractivity contribution >= 4 is 11.3 Å². The van der Waals surface area contributed by atoms with E-state index >= 15 is 0 Å². The van der Waals surface area contributed by atoms with Crippen LogP contribution >= 0.6 is 11.3 Å². The average molecular weight is 325 g/mol. The standard InChI is InChI=1S/C14H10F3N3OS/c1-8-13(19-20-18-8)12-7-6-11(22-12)9-2-4-10(5-3-9)21-14(15,16)17/h2-7H,1H3,(H,18,19,20). The van der Waals surface area contributed by atoms with Crippen molar-refractivity contribution in [3.05, 3.63) is 42.1 Å². The summed E-state index contributed by atoms with van der Waals surface area (Å²) in [5.41, 5.74) is 2.38. The molecule has 8 heteroatoms. The highest BCUT2D eigenvalue weighted by molar-refractivity contribution is 7.18. The highest BCUT2D eigenvalue weighted by Gasteiger charge is 2.30. The van der Waals surface area contributed by atoms with E-state index in [4.69, 9.17) is 0 Å². The third-order valence-corrected chi connectivity index (χ3v) is 4.08. The monoisotopic (exact) mass is 325 g/mol. The molecule has 0 fully saturated rings. The Morgan fingerprint density at radius 1 is 1.00 bits per heavy atom. The number of H-pyrrole nitrogens is 1. The number of ether oxygens (including phenoxy) is 1. The Morgan fingerprint density at radius 2 is 1.68 bits per heavy atom. The number of rotatable bonds is 3. The van der Waals surface area contributed by atoms with Gasteiger partial charge < -0.3 is 4.74 Å². The number of aromatic nitrogens is 3. The first kappa shape index (κ1) is 14.6. The molecule has 0 spiro atoms. The van der Waals surface area contributed by atoms with Crippen LogP contribution in [0.4, 0.5) is 13.2 Å². The second kappa shape index (κ2) is 5.45. The van der Waals surface area contributed by atoms with Crippen molar-refractivity contribution in [2.24, 2.45) is 0 Å². The fourth-order valence-corrected chi connectivity index (χ4v) is 3.01. The fraction of sp³-hybridized carbons (Fsp3) is 0.143. The number of benzene rings is 1. The van der Waals surface area contributed by atoms with Crippen molar-refractivity contribution in [3.8, 4) is 26.8 Å². The third-order valence-electron chi connectivity index (χ3n) is 2.93. The molecule has 0 radical (unpaired) electrons. The van der Waals surface area contributed by atoms with Crippen LogP contribution in [-0.4, -0.2) is 21.8 Å². The van der Waals surface area contributed by atoms with E-state index in [2.05, 4.69) is 20.1 Å². The average Bonchev–Trinajstić information content (AvgIpc) is 3.06.